The first-order valence-electron chi connectivity index (χ1n) is 7.95. The van der Waals surface area contributed by atoms with Crippen molar-refractivity contribution in [2.24, 2.45) is 0 Å². The molecule has 0 atom stereocenters. The zero-order valence-electron chi connectivity index (χ0n) is 12.7. The van der Waals surface area contributed by atoms with E-state index >= 15 is 0 Å². The molecule has 0 saturated heterocycles. The number of aryl methyl sites for hydroxylation is 1. The first kappa shape index (κ1) is 14.5. The van der Waals surface area contributed by atoms with E-state index in [1.165, 1.54) is 17.4 Å². The molecule has 1 saturated carbocycles. The van der Waals surface area contributed by atoms with E-state index in [1.54, 1.807) is 0 Å². The summed E-state index contributed by atoms with van der Waals surface area (Å²) in [6, 6.07) is 10.4. The first-order valence-corrected chi connectivity index (χ1v) is 7.95. The third kappa shape index (κ3) is 3.42. The van der Waals surface area contributed by atoms with Gasteiger partial charge in [0, 0.05) is 24.2 Å². The molecule has 0 radical (unpaired) electrons. The molecule has 112 valence electrons. The second-order valence-corrected chi connectivity index (χ2v) is 6.33. The van der Waals surface area contributed by atoms with Crippen molar-refractivity contribution >= 4 is 10.9 Å². The van der Waals surface area contributed by atoms with Crippen LogP contribution in [0.15, 0.2) is 30.3 Å². The number of aromatic nitrogens is 1. The summed E-state index contributed by atoms with van der Waals surface area (Å²) < 4.78 is 0. The Morgan fingerprint density at radius 2 is 1.95 bits per heavy atom. The van der Waals surface area contributed by atoms with Crippen molar-refractivity contribution in [1.82, 2.24) is 10.3 Å². The van der Waals surface area contributed by atoms with Crippen LogP contribution in [-0.2, 0) is 6.54 Å². The molecule has 0 spiro atoms. The second kappa shape index (κ2) is 6.12. The minimum absolute atomic E-state index is 0.504. The van der Waals surface area contributed by atoms with Gasteiger partial charge in [-0.05, 0) is 37.5 Å². The number of fused-ring (bicyclic) bond motifs is 1. The molecule has 1 fully saturated rings. The van der Waals surface area contributed by atoms with Crippen LogP contribution >= 0.6 is 0 Å². The Bertz CT molecular complexity index is 618. The average molecular weight is 284 g/mol. The lowest BCUT2D eigenvalue weighted by atomic mass is 9.85. The van der Waals surface area contributed by atoms with Crippen molar-refractivity contribution < 1.29 is 5.11 Å². The summed E-state index contributed by atoms with van der Waals surface area (Å²) in [4.78, 5) is 4.57. The second-order valence-electron chi connectivity index (χ2n) is 6.33. The van der Waals surface area contributed by atoms with Crippen molar-refractivity contribution in [2.75, 3.05) is 6.54 Å². The van der Waals surface area contributed by atoms with Crippen LogP contribution in [0.1, 0.15) is 43.4 Å². The Labute approximate surface area is 126 Å². The fraction of sp³-hybridized carbons (Fsp3) is 0.500. The smallest absolute Gasteiger partial charge is 0.0771 e. The van der Waals surface area contributed by atoms with Crippen LogP contribution in [0.2, 0.25) is 0 Å². The number of para-hydroxylation sites is 1. The lowest BCUT2D eigenvalue weighted by molar-refractivity contribution is 0.00469. The Morgan fingerprint density at radius 1 is 1.19 bits per heavy atom. The number of nitrogens with one attached hydrogen (secondary N) is 1. The number of nitrogens with zero attached hydrogens (tertiary/aromatic N) is 1. The number of hydrogen-bond donors (Lipinski definition) is 2. The van der Waals surface area contributed by atoms with Crippen LogP contribution in [0.25, 0.3) is 10.9 Å². The molecule has 0 aliphatic heterocycles. The lowest BCUT2D eigenvalue weighted by Crippen LogP contribution is -2.41. The molecular formula is C18H24N2O. The maximum Gasteiger partial charge on any atom is 0.0771 e. The predicted octanol–water partition coefficient (Wildman–Crippen LogP) is 3.33. The van der Waals surface area contributed by atoms with Gasteiger partial charge in [0.25, 0.3) is 0 Å². The van der Waals surface area contributed by atoms with Gasteiger partial charge in [-0.2, -0.15) is 0 Å². The van der Waals surface area contributed by atoms with E-state index in [0.29, 0.717) is 6.54 Å². The molecular weight excluding hydrogens is 260 g/mol. The standard InChI is InChI=1S/C18H24N2O/c1-14-11-15(16-7-3-4-8-17(16)20-14)12-19-13-18(21)9-5-2-6-10-18/h3-4,7-8,11,19,21H,2,5-6,9-10,12-13H2,1H3. The molecule has 3 heteroatoms. The van der Waals surface area contributed by atoms with Gasteiger partial charge in [0.2, 0.25) is 0 Å². The predicted molar refractivity (Wildman–Crippen MR) is 86.2 cm³/mol. The van der Waals surface area contributed by atoms with Gasteiger partial charge in [-0.1, -0.05) is 37.5 Å². The SMILES string of the molecule is Cc1cc(CNCC2(O)CCCCC2)c2ccccc2n1. The summed E-state index contributed by atoms with van der Waals surface area (Å²) in [5.74, 6) is 0. The highest BCUT2D eigenvalue weighted by Crippen LogP contribution is 2.27. The number of pyridine rings is 1. The molecule has 0 amide bonds. The third-order valence-electron chi connectivity index (χ3n) is 4.48. The van der Waals surface area contributed by atoms with E-state index in [1.807, 2.05) is 13.0 Å². The molecule has 2 aromatic rings. The zero-order valence-corrected chi connectivity index (χ0v) is 12.7. The van der Waals surface area contributed by atoms with Gasteiger partial charge in [0.15, 0.2) is 0 Å². The molecule has 2 N–H and O–H groups in total. The third-order valence-corrected chi connectivity index (χ3v) is 4.48. The molecule has 21 heavy (non-hydrogen) atoms. The molecule has 0 bridgehead atoms. The fourth-order valence-corrected chi connectivity index (χ4v) is 3.36. The number of rotatable bonds is 4. The molecule has 3 rings (SSSR count). The normalized spacial score (nSPS) is 18.0. The van der Waals surface area contributed by atoms with Gasteiger partial charge in [0.1, 0.15) is 0 Å². The van der Waals surface area contributed by atoms with Crippen LogP contribution in [-0.4, -0.2) is 22.2 Å². The molecule has 0 unspecified atom stereocenters. The van der Waals surface area contributed by atoms with Crippen LogP contribution in [0.5, 0.6) is 0 Å². The van der Waals surface area contributed by atoms with Gasteiger partial charge in [-0.15, -0.1) is 0 Å². The van der Waals surface area contributed by atoms with E-state index in [2.05, 4.69) is 34.6 Å². The molecule has 1 heterocycles. The molecule has 1 aromatic heterocycles. The summed E-state index contributed by atoms with van der Waals surface area (Å²) >= 11 is 0. The Balaban J connectivity index is 1.70. The topological polar surface area (TPSA) is 45.1 Å². The van der Waals surface area contributed by atoms with Gasteiger partial charge >= 0.3 is 0 Å². The van der Waals surface area contributed by atoms with Crippen molar-refractivity contribution in [3.63, 3.8) is 0 Å². The van der Waals surface area contributed by atoms with Gasteiger partial charge in [0.05, 0.1) is 11.1 Å². The van der Waals surface area contributed by atoms with Crippen molar-refractivity contribution in [3.8, 4) is 0 Å². The first-order chi connectivity index (χ1) is 10.2. The summed E-state index contributed by atoms with van der Waals surface area (Å²) in [6.07, 6.45) is 5.41. The molecule has 3 nitrogen and oxygen atoms in total. The summed E-state index contributed by atoms with van der Waals surface area (Å²) in [7, 11) is 0. The molecule has 1 aromatic carbocycles. The highest BCUT2D eigenvalue weighted by atomic mass is 16.3. The minimum Gasteiger partial charge on any atom is -0.389 e. The maximum absolute atomic E-state index is 10.5. The number of benzene rings is 1. The van der Waals surface area contributed by atoms with E-state index < -0.39 is 5.60 Å². The largest absolute Gasteiger partial charge is 0.389 e. The zero-order chi connectivity index (χ0) is 14.7. The molecule has 1 aliphatic carbocycles. The van der Waals surface area contributed by atoms with Crippen molar-refractivity contribution in [3.05, 3.63) is 41.6 Å². The van der Waals surface area contributed by atoms with Crippen LogP contribution in [0, 0.1) is 6.92 Å². The lowest BCUT2D eigenvalue weighted by Gasteiger charge is -2.32. The van der Waals surface area contributed by atoms with Crippen molar-refractivity contribution in [1.29, 1.82) is 0 Å². The minimum atomic E-state index is -0.504. The summed E-state index contributed by atoms with van der Waals surface area (Å²) in [6.45, 7) is 3.50. The number of aliphatic hydroxyl groups is 1. The van der Waals surface area contributed by atoms with E-state index in [4.69, 9.17) is 0 Å². The monoisotopic (exact) mass is 284 g/mol. The highest BCUT2D eigenvalue weighted by Gasteiger charge is 2.28. The Hall–Kier alpha value is -1.45. The van der Waals surface area contributed by atoms with Crippen LogP contribution in [0.4, 0.5) is 0 Å². The van der Waals surface area contributed by atoms with E-state index in [-0.39, 0.29) is 0 Å². The highest BCUT2D eigenvalue weighted by molar-refractivity contribution is 5.82. The Kier molecular flexibility index (Phi) is 4.22. The maximum atomic E-state index is 10.5. The van der Waals surface area contributed by atoms with Gasteiger partial charge < -0.3 is 10.4 Å². The van der Waals surface area contributed by atoms with Crippen LogP contribution < -0.4 is 5.32 Å². The number of hydrogen-bond acceptors (Lipinski definition) is 3. The average Bonchev–Trinajstić information content (AvgIpc) is 2.47. The molecule has 1 aliphatic rings. The van der Waals surface area contributed by atoms with Gasteiger partial charge in [-0.3, -0.25) is 4.98 Å². The summed E-state index contributed by atoms with van der Waals surface area (Å²) in [5.41, 5.74) is 2.85. The fourth-order valence-electron chi connectivity index (χ4n) is 3.36. The van der Waals surface area contributed by atoms with E-state index in [9.17, 15) is 5.11 Å². The van der Waals surface area contributed by atoms with Crippen molar-refractivity contribution in [2.45, 2.75) is 51.2 Å². The van der Waals surface area contributed by atoms with E-state index in [0.717, 1.165) is 43.4 Å². The quantitative estimate of drug-likeness (QED) is 0.905. The summed E-state index contributed by atoms with van der Waals surface area (Å²) in [5, 5.41) is 15.2. The van der Waals surface area contributed by atoms with Crippen LogP contribution in [0.3, 0.4) is 0 Å². The Morgan fingerprint density at radius 3 is 2.76 bits per heavy atom. The van der Waals surface area contributed by atoms with Gasteiger partial charge in [-0.25, -0.2) is 0 Å².